The van der Waals surface area contributed by atoms with Crippen molar-refractivity contribution in [3.8, 4) is 10.9 Å². The second kappa shape index (κ2) is 6.65. The van der Waals surface area contributed by atoms with E-state index in [0.29, 0.717) is 28.6 Å². The van der Waals surface area contributed by atoms with Gasteiger partial charge in [-0.2, -0.15) is 0 Å². The summed E-state index contributed by atoms with van der Waals surface area (Å²) >= 11 is 10.8. The lowest BCUT2D eigenvalue weighted by atomic mass is 10.3. The van der Waals surface area contributed by atoms with Crippen LogP contribution in [0, 0.1) is 0 Å². The second-order valence-corrected chi connectivity index (χ2v) is 6.52. The monoisotopic (exact) mass is 361 g/mol. The summed E-state index contributed by atoms with van der Waals surface area (Å²) in [5.74, 6) is 0.574. The van der Waals surface area contributed by atoms with Crippen LogP contribution in [0.5, 0.6) is 10.9 Å². The van der Waals surface area contributed by atoms with E-state index in [9.17, 15) is 0 Å². The Labute approximate surface area is 129 Å². The van der Waals surface area contributed by atoms with Gasteiger partial charge in [-0.3, -0.25) is 0 Å². The van der Waals surface area contributed by atoms with Crippen molar-refractivity contribution < 1.29 is 4.74 Å². The molecule has 0 amide bonds. The Bertz CT molecular complexity index is 562. The lowest BCUT2D eigenvalue weighted by Gasteiger charge is -2.04. The van der Waals surface area contributed by atoms with Crippen molar-refractivity contribution in [1.82, 2.24) is 15.5 Å². The van der Waals surface area contributed by atoms with Crippen molar-refractivity contribution in [3.05, 3.63) is 32.7 Å². The molecule has 0 saturated heterocycles. The average Bonchev–Trinajstić information content (AvgIpc) is 2.78. The molecule has 1 heterocycles. The molecule has 0 saturated carbocycles. The van der Waals surface area contributed by atoms with E-state index in [-0.39, 0.29) is 0 Å². The summed E-state index contributed by atoms with van der Waals surface area (Å²) in [6, 6.07) is 5.84. The largest absolute Gasteiger partial charge is 0.428 e. The van der Waals surface area contributed by atoms with Gasteiger partial charge in [0.25, 0.3) is 5.19 Å². The van der Waals surface area contributed by atoms with Gasteiger partial charge < -0.3 is 10.1 Å². The summed E-state index contributed by atoms with van der Waals surface area (Å²) in [4.78, 5) is 0. The van der Waals surface area contributed by atoms with Crippen molar-refractivity contribution in [1.29, 1.82) is 0 Å². The minimum atomic E-state index is 0.411. The molecule has 0 aliphatic rings. The van der Waals surface area contributed by atoms with Gasteiger partial charge in [-0.15, -0.1) is 5.10 Å². The van der Waals surface area contributed by atoms with Crippen LogP contribution in [0.15, 0.2) is 22.7 Å². The van der Waals surface area contributed by atoms with Crippen LogP contribution in [0.1, 0.15) is 18.9 Å². The highest BCUT2D eigenvalue weighted by molar-refractivity contribution is 9.10. The lowest BCUT2D eigenvalue weighted by Crippen LogP contribution is -2.21. The summed E-state index contributed by atoms with van der Waals surface area (Å²) in [6.45, 7) is 4.85. The number of rotatable bonds is 5. The molecule has 4 nitrogen and oxygen atoms in total. The summed E-state index contributed by atoms with van der Waals surface area (Å²) in [5, 5.41) is 13.2. The first-order chi connectivity index (χ1) is 9.04. The normalized spacial score (nSPS) is 11.0. The van der Waals surface area contributed by atoms with E-state index in [0.717, 1.165) is 9.48 Å². The zero-order chi connectivity index (χ0) is 13.8. The van der Waals surface area contributed by atoms with Gasteiger partial charge in [-0.1, -0.05) is 57.8 Å². The van der Waals surface area contributed by atoms with Gasteiger partial charge in [-0.25, -0.2) is 0 Å². The van der Waals surface area contributed by atoms with E-state index in [1.165, 1.54) is 11.3 Å². The lowest BCUT2D eigenvalue weighted by molar-refractivity contribution is 0.473. The number of benzene rings is 1. The smallest absolute Gasteiger partial charge is 0.299 e. The first-order valence-electron chi connectivity index (χ1n) is 5.73. The van der Waals surface area contributed by atoms with Crippen LogP contribution in [0.3, 0.4) is 0 Å². The highest BCUT2D eigenvalue weighted by Crippen LogP contribution is 2.32. The van der Waals surface area contributed by atoms with Crippen LogP contribution >= 0.6 is 38.9 Å². The molecule has 0 unspecified atom stereocenters. The Balaban J connectivity index is 2.03. The first kappa shape index (κ1) is 14.7. The maximum absolute atomic E-state index is 6.08. The molecule has 7 heteroatoms. The average molecular weight is 363 g/mol. The molecule has 1 aromatic carbocycles. The van der Waals surface area contributed by atoms with Crippen molar-refractivity contribution >= 4 is 38.9 Å². The van der Waals surface area contributed by atoms with Gasteiger partial charge in [0.2, 0.25) is 0 Å². The predicted octanol–water partition coefficient (Wildman–Crippen LogP) is 4.24. The molecule has 1 aromatic heterocycles. The topological polar surface area (TPSA) is 47.0 Å². The van der Waals surface area contributed by atoms with E-state index in [1.54, 1.807) is 12.1 Å². The van der Waals surface area contributed by atoms with Crippen molar-refractivity contribution in [3.63, 3.8) is 0 Å². The first-order valence-corrected chi connectivity index (χ1v) is 7.72. The molecule has 0 bridgehead atoms. The molecule has 0 fully saturated rings. The Hall–Kier alpha value is -0.690. The van der Waals surface area contributed by atoms with Crippen molar-refractivity contribution in [2.75, 3.05) is 0 Å². The van der Waals surface area contributed by atoms with Crippen LogP contribution < -0.4 is 10.1 Å². The van der Waals surface area contributed by atoms with Gasteiger partial charge in [0.1, 0.15) is 10.8 Å². The fourth-order valence-corrected chi connectivity index (χ4v) is 2.66. The molecule has 0 aliphatic heterocycles. The predicted molar refractivity (Wildman–Crippen MR) is 81.1 cm³/mol. The third-order valence-corrected chi connectivity index (χ3v) is 3.79. The molecule has 1 N–H and O–H groups in total. The molecular weight excluding hydrogens is 350 g/mol. The standard InChI is InChI=1S/C12H13BrClN3OS/c1-7(2)15-6-11-16-17-12(19-11)18-10-4-3-8(13)5-9(10)14/h3-5,7,15H,6H2,1-2H3. The number of nitrogens with one attached hydrogen (secondary N) is 1. The van der Waals surface area contributed by atoms with Crippen LogP contribution in [0.25, 0.3) is 0 Å². The number of hydrogen-bond acceptors (Lipinski definition) is 5. The molecule has 0 atom stereocenters. The third kappa shape index (κ3) is 4.42. The SMILES string of the molecule is CC(C)NCc1nnc(Oc2ccc(Br)cc2Cl)s1. The molecule has 2 rings (SSSR count). The van der Waals surface area contributed by atoms with E-state index in [4.69, 9.17) is 16.3 Å². The molecule has 0 spiro atoms. The fraction of sp³-hybridized carbons (Fsp3) is 0.333. The molecule has 19 heavy (non-hydrogen) atoms. The fourth-order valence-electron chi connectivity index (χ4n) is 1.29. The van der Waals surface area contributed by atoms with Gasteiger partial charge in [0.15, 0.2) is 0 Å². The van der Waals surface area contributed by atoms with Crippen LogP contribution in [-0.2, 0) is 6.54 Å². The number of nitrogens with zero attached hydrogens (tertiary/aromatic N) is 2. The molecule has 0 radical (unpaired) electrons. The summed E-state index contributed by atoms with van der Waals surface area (Å²) in [7, 11) is 0. The maximum Gasteiger partial charge on any atom is 0.299 e. The van der Waals surface area contributed by atoms with E-state index in [1.807, 2.05) is 6.07 Å². The number of ether oxygens (including phenoxy) is 1. The number of halogens is 2. The second-order valence-electron chi connectivity index (χ2n) is 4.17. The Kier molecular flexibility index (Phi) is 5.15. The zero-order valence-electron chi connectivity index (χ0n) is 10.5. The van der Waals surface area contributed by atoms with Crippen LogP contribution in [0.4, 0.5) is 0 Å². The summed E-state index contributed by atoms with van der Waals surface area (Å²) in [6.07, 6.45) is 0. The molecule has 102 valence electrons. The van der Waals surface area contributed by atoms with Crippen LogP contribution in [0.2, 0.25) is 5.02 Å². The number of hydrogen-bond donors (Lipinski definition) is 1. The van der Waals surface area contributed by atoms with Gasteiger partial charge in [0.05, 0.1) is 11.6 Å². The highest BCUT2D eigenvalue weighted by Gasteiger charge is 2.09. The Morgan fingerprint density at radius 2 is 2.21 bits per heavy atom. The Morgan fingerprint density at radius 1 is 1.42 bits per heavy atom. The quantitative estimate of drug-likeness (QED) is 0.864. The van der Waals surface area contributed by atoms with Gasteiger partial charge in [0, 0.05) is 10.5 Å². The minimum Gasteiger partial charge on any atom is -0.428 e. The summed E-state index contributed by atoms with van der Waals surface area (Å²) < 4.78 is 6.52. The van der Waals surface area contributed by atoms with Crippen molar-refractivity contribution in [2.45, 2.75) is 26.4 Å². The minimum absolute atomic E-state index is 0.411. The van der Waals surface area contributed by atoms with Crippen LogP contribution in [-0.4, -0.2) is 16.2 Å². The van der Waals surface area contributed by atoms with E-state index >= 15 is 0 Å². The molecule has 0 aliphatic carbocycles. The molecule has 2 aromatic rings. The highest BCUT2D eigenvalue weighted by atomic mass is 79.9. The van der Waals surface area contributed by atoms with Gasteiger partial charge >= 0.3 is 0 Å². The zero-order valence-corrected chi connectivity index (χ0v) is 13.6. The third-order valence-electron chi connectivity index (χ3n) is 2.20. The molecular formula is C12H13BrClN3OS. The van der Waals surface area contributed by atoms with E-state index in [2.05, 4.69) is 45.3 Å². The van der Waals surface area contributed by atoms with Gasteiger partial charge in [-0.05, 0) is 18.2 Å². The number of aromatic nitrogens is 2. The summed E-state index contributed by atoms with van der Waals surface area (Å²) in [5.41, 5.74) is 0. The van der Waals surface area contributed by atoms with Crippen molar-refractivity contribution in [2.24, 2.45) is 0 Å². The Morgan fingerprint density at radius 3 is 2.89 bits per heavy atom. The van der Waals surface area contributed by atoms with E-state index < -0.39 is 0 Å². The maximum atomic E-state index is 6.08.